The average Bonchev–Trinajstić information content (AvgIpc) is 3.79. The van der Waals surface area contributed by atoms with E-state index >= 15 is 0 Å². The summed E-state index contributed by atoms with van der Waals surface area (Å²) >= 11 is 12.5. The highest BCUT2D eigenvalue weighted by Crippen LogP contribution is 2.49. The number of anilines is 1. The van der Waals surface area contributed by atoms with Gasteiger partial charge in [-0.05, 0) is 68.9 Å². The van der Waals surface area contributed by atoms with Gasteiger partial charge in [-0.3, -0.25) is 9.69 Å². The van der Waals surface area contributed by atoms with E-state index in [9.17, 15) is 19.1 Å². The molecule has 2 saturated heterocycles. The first-order chi connectivity index (χ1) is 19.2. The number of carboxylic acids is 1. The molecule has 11 heteroatoms. The maximum absolute atomic E-state index is 13.9. The lowest BCUT2D eigenvalue weighted by Crippen LogP contribution is -2.61. The molecule has 3 aliphatic heterocycles. The van der Waals surface area contributed by atoms with Crippen molar-refractivity contribution in [3.05, 3.63) is 57.3 Å². The summed E-state index contributed by atoms with van der Waals surface area (Å²) in [6, 6.07) is 7.98. The van der Waals surface area contributed by atoms with Crippen LogP contribution in [0.15, 0.2) is 30.3 Å². The van der Waals surface area contributed by atoms with E-state index in [-0.39, 0.29) is 36.2 Å². The molecule has 0 radical (unpaired) electrons. The normalized spacial score (nSPS) is 27.2. The van der Waals surface area contributed by atoms with Gasteiger partial charge in [0, 0.05) is 48.0 Å². The first kappa shape index (κ1) is 27.6. The molecule has 3 atom stereocenters. The van der Waals surface area contributed by atoms with Crippen molar-refractivity contribution >= 4 is 40.8 Å². The van der Waals surface area contributed by atoms with Crippen LogP contribution in [0.4, 0.5) is 10.1 Å². The van der Waals surface area contributed by atoms with Crippen molar-refractivity contribution in [1.29, 1.82) is 0 Å². The lowest BCUT2D eigenvalue weighted by molar-refractivity contribution is -0.180. The Hall–Kier alpha value is -2.59. The molecule has 1 aliphatic carbocycles. The number of halogens is 3. The van der Waals surface area contributed by atoms with Gasteiger partial charge in [-0.2, -0.15) is 0 Å². The zero-order chi connectivity index (χ0) is 28.2. The molecule has 0 spiro atoms. The number of hydrogen-bond acceptors (Lipinski definition) is 6. The molecule has 2 aromatic rings. The number of rotatable bonds is 5. The minimum absolute atomic E-state index is 0.0288. The summed E-state index contributed by atoms with van der Waals surface area (Å²) in [5.41, 5.74) is 0.342. The van der Waals surface area contributed by atoms with Crippen molar-refractivity contribution in [1.82, 2.24) is 9.80 Å². The number of fused-ring (bicyclic) bond motifs is 1. The molecule has 1 amide bonds. The molecular formula is C29H32Cl2FN3O5. The number of carboxylic acid groups (broad SMARTS) is 1. The lowest BCUT2D eigenvalue weighted by atomic mass is 9.85. The summed E-state index contributed by atoms with van der Waals surface area (Å²) < 4.78 is 26.3. The first-order valence-electron chi connectivity index (χ1n) is 13.7. The third-order valence-electron chi connectivity index (χ3n) is 8.77. The molecule has 3 heterocycles. The Morgan fingerprint density at radius 3 is 2.60 bits per heavy atom. The maximum atomic E-state index is 13.9. The Balaban J connectivity index is 1.10. The number of amides is 1. The zero-order valence-electron chi connectivity index (χ0n) is 22.2. The van der Waals surface area contributed by atoms with Crippen LogP contribution in [0.2, 0.25) is 10.0 Å². The fourth-order valence-corrected chi connectivity index (χ4v) is 7.12. The highest BCUT2D eigenvalue weighted by atomic mass is 35.5. The summed E-state index contributed by atoms with van der Waals surface area (Å²) in [4.78, 5) is 31.6. The third kappa shape index (κ3) is 5.02. The highest BCUT2D eigenvalue weighted by Gasteiger charge is 2.56. The molecule has 0 aromatic heterocycles. The van der Waals surface area contributed by atoms with E-state index in [0.717, 1.165) is 37.9 Å². The molecule has 3 fully saturated rings. The quantitative estimate of drug-likeness (QED) is 0.521. The second-order valence-corrected chi connectivity index (χ2v) is 12.2. The molecule has 2 aromatic carbocycles. The van der Waals surface area contributed by atoms with Crippen LogP contribution in [-0.4, -0.2) is 77.4 Å². The van der Waals surface area contributed by atoms with Crippen molar-refractivity contribution in [2.45, 2.75) is 56.8 Å². The number of piperazine rings is 1. The maximum Gasteiger partial charge on any atom is 0.338 e. The second kappa shape index (κ2) is 10.7. The van der Waals surface area contributed by atoms with Gasteiger partial charge in [-0.1, -0.05) is 23.2 Å². The second-order valence-electron chi connectivity index (χ2n) is 11.3. The molecular weight excluding hydrogens is 560 g/mol. The Labute approximate surface area is 242 Å². The van der Waals surface area contributed by atoms with E-state index in [0.29, 0.717) is 47.6 Å². The Bertz CT molecular complexity index is 1330. The van der Waals surface area contributed by atoms with Crippen molar-refractivity contribution in [3.8, 4) is 5.75 Å². The van der Waals surface area contributed by atoms with Gasteiger partial charge >= 0.3 is 5.97 Å². The summed E-state index contributed by atoms with van der Waals surface area (Å²) in [5, 5.41) is 10.3. The van der Waals surface area contributed by atoms with Crippen molar-refractivity contribution in [3.63, 3.8) is 0 Å². The molecule has 4 aliphatic rings. The fourth-order valence-electron chi connectivity index (χ4n) is 6.53. The SMILES string of the molecule is C[C@H]1CN([C@@H]2CC[C@@](C(=O)N3COc4c(Cl)cc(Cl)cc4C3)(C3CC3)OC2)CCN1c1ccc(F)c(C(=O)O)c1. The molecule has 1 N–H and O–H groups in total. The molecule has 8 nitrogen and oxygen atoms in total. The van der Waals surface area contributed by atoms with Gasteiger partial charge in [0.1, 0.15) is 17.2 Å². The minimum atomic E-state index is -1.27. The van der Waals surface area contributed by atoms with Gasteiger partial charge in [-0.25, -0.2) is 9.18 Å². The van der Waals surface area contributed by atoms with E-state index in [1.54, 1.807) is 23.1 Å². The lowest BCUT2D eigenvalue weighted by Gasteiger charge is -2.48. The summed E-state index contributed by atoms with van der Waals surface area (Å²) in [7, 11) is 0. The molecule has 0 unspecified atom stereocenters. The van der Waals surface area contributed by atoms with E-state index < -0.39 is 17.4 Å². The van der Waals surface area contributed by atoms with E-state index in [4.69, 9.17) is 32.7 Å². The number of hydrogen-bond donors (Lipinski definition) is 1. The molecule has 6 rings (SSSR count). The topological polar surface area (TPSA) is 82.6 Å². The Kier molecular flexibility index (Phi) is 7.36. The number of aromatic carboxylic acids is 1. The van der Waals surface area contributed by atoms with Crippen LogP contribution in [-0.2, 0) is 16.1 Å². The summed E-state index contributed by atoms with van der Waals surface area (Å²) in [6.07, 6.45) is 3.45. The van der Waals surface area contributed by atoms with E-state index in [2.05, 4.69) is 16.7 Å². The van der Waals surface area contributed by atoms with Crippen LogP contribution in [0.1, 0.15) is 48.5 Å². The first-order valence-corrected chi connectivity index (χ1v) is 14.5. The van der Waals surface area contributed by atoms with Crippen molar-refractivity contribution < 1.29 is 28.6 Å². The van der Waals surface area contributed by atoms with Gasteiger partial charge in [0.15, 0.2) is 6.73 Å². The average molecular weight is 592 g/mol. The largest absolute Gasteiger partial charge is 0.478 e. The minimum Gasteiger partial charge on any atom is -0.478 e. The molecule has 0 bridgehead atoms. The number of ether oxygens (including phenoxy) is 2. The predicted molar refractivity (Wildman–Crippen MR) is 149 cm³/mol. The monoisotopic (exact) mass is 591 g/mol. The van der Waals surface area contributed by atoms with Gasteiger partial charge in [0.05, 0.1) is 23.7 Å². The van der Waals surface area contributed by atoms with Crippen molar-refractivity contribution in [2.75, 3.05) is 37.9 Å². The van der Waals surface area contributed by atoms with Crippen LogP contribution >= 0.6 is 23.2 Å². The highest BCUT2D eigenvalue weighted by molar-refractivity contribution is 6.35. The fraction of sp³-hybridized carbons (Fsp3) is 0.517. The smallest absolute Gasteiger partial charge is 0.338 e. The van der Waals surface area contributed by atoms with Crippen LogP contribution in [0, 0.1) is 11.7 Å². The number of nitrogens with zero attached hydrogens (tertiary/aromatic N) is 3. The van der Waals surface area contributed by atoms with Crippen molar-refractivity contribution in [2.24, 2.45) is 5.92 Å². The van der Waals surface area contributed by atoms with Gasteiger partial charge in [0.2, 0.25) is 0 Å². The van der Waals surface area contributed by atoms with Crippen LogP contribution in [0.25, 0.3) is 0 Å². The molecule has 1 saturated carbocycles. The summed E-state index contributed by atoms with van der Waals surface area (Å²) in [6.45, 7) is 5.27. The van der Waals surface area contributed by atoms with Gasteiger partial charge < -0.3 is 24.4 Å². The van der Waals surface area contributed by atoms with Gasteiger partial charge in [0.25, 0.3) is 5.91 Å². The Morgan fingerprint density at radius 2 is 1.93 bits per heavy atom. The van der Waals surface area contributed by atoms with Crippen LogP contribution in [0.5, 0.6) is 5.75 Å². The van der Waals surface area contributed by atoms with Crippen LogP contribution in [0.3, 0.4) is 0 Å². The predicted octanol–water partition coefficient (Wildman–Crippen LogP) is 5.05. The van der Waals surface area contributed by atoms with E-state index in [1.165, 1.54) is 12.1 Å². The number of carbonyl (C=O) groups is 2. The standard InChI is InChI=1S/C29H32Cl2FN3O5/c1-17-13-33(8-9-35(17)21-4-5-25(32)23(12-21)27(36)37)22-6-7-29(40-15-22,19-2-3-19)28(38)34-14-18-10-20(30)11-24(31)26(18)39-16-34/h4-5,10-12,17,19,22H,2-3,6-9,13-16H2,1H3,(H,36,37)/t17-,22+,29-/m0/s1. The molecule has 40 heavy (non-hydrogen) atoms. The number of benzene rings is 2. The van der Waals surface area contributed by atoms with Gasteiger partial charge in [-0.15, -0.1) is 0 Å². The summed E-state index contributed by atoms with van der Waals surface area (Å²) in [5.74, 6) is -1.25. The van der Waals surface area contributed by atoms with E-state index in [1.807, 2.05) is 0 Å². The number of carbonyl (C=O) groups excluding carboxylic acids is 1. The van der Waals surface area contributed by atoms with Crippen LogP contribution < -0.4 is 9.64 Å². The molecule has 214 valence electrons. The zero-order valence-corrected chi connectivity index (χ0v) is 23.8. The Morgan fingerprint density at radius 1 is 1.12 bits per heavy atom. The third-order valence-corrected chi connectivity index (χ3v) is 9.27.